The largest absolute Gasteiger partial charge is 0.353 e. The second kappa shape index (κ2) is 9.20. The van der Waals surface area contributed by atoms with Gasteiger partial charge in [-0.1, -0.05) is 23.7 Å². The molecule has 2 rings (SSSR count). The summed E-state index contributed by atoms with van der Waals surface area (Å²) in [4.78, 5) is 22.4. The minimum atomic E-state index is -0.177. The summed E-state index contributed by atoms with van der Waals surface area (Å²) in [5.41, 5.74) is 1.57. The molecule has 1 aromatic carbocycles. The fraction of sp³-hybridized carbons (Fsp3) is 0.353. The third kappa shape index (κ3) is 6.14. The maximum atomic E-state index is 12.1. The smallest absolute Gasteiger partial charge is 0.254 e. The number of hydrogen-bond acceptors (Lipinski definition) is 5. The Morgan fingerprint density at radius 2 is 1.79 bits per heavy atom. The van der Waals surface area contributed by atoms with E-state index in [4.69, 9.17) is 11.6 Å². The van der Waals surface area contributed by atoms with Gasteiger partial charge in [-0.2, -0.15) is 0 Å². The van der Waals surface area contributed by atoms with Crippen LogP contribution in [0.1, 0.15) is 15.9 Å². The molecule has 128 valence electrons. The number of nitrogens with zero attached hydrogens (tertiary/aromatic N) is 3. The molecule has 1 heterocycles. The summed E-state index contributed by atoms with van der Waals surface area (Å²) < 4.78 is 0. The van der Waals surface area contributed by atoms with Gasteiger partial charge in [-0.05, 0) is 38.2 Å². The van der Waals surface area contributed by atoms with Gasteiger partial charge in [-0.15, -0.1) is 0 Å². The third-order valence-corrected chi connectivity index (χ3v) is 3.62. The van der Waals surface area contributed by atoms with Gasteiger partial charge in [0.25, 0.3) is 5.91 Å². The number of carbonyl (C=O) groups is 1. The highest BCUT2D eigenvalue weighted by Gasteiger charge is 2.06. The summed E-state index contributed by atoms with van der Waals surface area (Å²) in [6.45, 7) is 2.18. The summed E-state index contributed by atoms with van der Waals surface area (Å²) in [6, 6.07) is 7.58. The van der Waals surface area contributed by atoms with E-state index in [0.29, 0.717) is 23.1 Å². The number of amides is 1. The zero-order chi connectivity index (χ0) is 17.4. The number of halogens is 1. The Morgan fingerprint density at radius 1 is 1.12 bits per heavy atom. The third-order valence-electron chi connectivity index (χ3n) is 3.37. The van der Waals surface area contributed by atoms with Crippen molar-refractivity contribution in [2.75, 3.05) is 39.0 Å². The highest BCUT2D eigenvalue weighted by molar-refractivity contribution is 6.30. The van der Waals surface area contributed by atoms with Gasteiger partial charge in [-0.25, -0.2) is 9.97 Å². The van der Waals surface area contributed by atoms with Gasteiger partial charge < -0.3 is 15.5 Å². The van der Waals surface area contributed by atoms with Crippen molar-refractivity contribution in [1.82, 2.24) is 20.2 Å². The number of aromatic nitrogens is 2. The van der Waals surface area contributed by atoms with E-state index in [1.165, 1.54) is 12.4 Å². The Bertz CT molecular complexity index is 643. The summed E-state index contributed by atoms with van der Waals surface area (Å²) in [7, 11) is 4.00. The van der Waals surface area contributed by atoms with Gasteiger partial charge in [0, 0.05) is 37.1 Å². The van der Waals surface area contributed by atoms with Crippen molar-refractivity contribution < 1.29 is 4.79 Å². The fourth-order valence-electron chi connectivity index (χ4n) is 2.00. The molecule has 0 atom stereocenters. The normalized spacial score (nSPS) is 10.7. The Hall–Kier alpha value is -2.18. The lowest BCUT2D eigenvalue weighted by Gasteiger charge is -2.10. The lowest BCUT2D eigenvalue weighted by molar-refractivity contribution is 0.0953. The molecule has 0 spiro atoms. The lowest BCUT2D eigenvalue weighted by atomic mass is 10.1. The van der Waals surface area contributed by atoms with Crippen LogP contribution in [0.2, 0.25) is 5.02 Å². The molecular formula is C17H22ClN5O. The topological polar surface area (TPSA) is 70.2 Å². The molecule has 2 N–H and O–H groups in total. The number of hydrogen-bond donors (Lipinski definition) is 2. The zero-order valence-corrected chi connectivity index (χ0v) is 14.7. The number of nitrogens with one attached hydrogen (secondary N) is 2. The first-order valence-corrected chi connectivity index (χ1v) is 8.15. The van der Waals surface area contributed by atoms with Gasteiger partial charge in [0.05, 0.1) is 5.56 Å². The van der Waals surface area contributed by atoms with Crippen molar-refractivity contribution in [3.8, 4) is 0 Å². The lowest BCUT2D eigenvalue weighted by Crippen LogP contribution is -2.26. The first-order chi connectivity index (χ1) is 11.5. The van der Waals surface area contributed by atoms with Crippen molar-refractivity contribution in [2.24, 2.45) is 0 Å². The average molecular weight is 348 g/mol. The first-order valence-electron chi connectivity index (χ1n) is 7.78. The Morgan fingerprint density at radius 3 is 2.42 bits per heavy atom. The molecule has 24 heavy (non-hydrogen) atoms. The Balaban J connectivity index is 1.76. The van der Waals surface area contributed by atoms with Crippen molar-refractivity contribution >= 4 is 23.5 Å². The van der Waals surface area contributed by atoms with Crippen LogP contribution in [0.15, 0.2) is 36.7 Å². The molecule has 0 aliphatic carbocycles. The quantitative estimate of drug-likeness (QED) is 0.765. The van der Waals surface area contributed by atoms with E-state index >= 15 is 0 Å². The maximum absolute atomic E-state index is 12.1. The molecule has 2 aromatic rings. The minimum absolute atomic E-state index is 0.177. The van der Waals surface area contributed by atoms with Crippen LogP contribution in [0.5, 0.6) is 0 Å². The van der Waals surface area contributed by atoms with Crippen LogP contribution in [-0.2, 0) is 6.42 Å². The molecule has 0 bridgehead atoms. The van der Waals surface area contributed by atoms with E-state index in [9.17, 15) is 4.79 Å². The SMILES string of the molecule is CN(C)CCNc1ncc(C(=O)NCCc2ccc(Cl)cc2)cn1. The molecule has 1 aromatic heterocycles. The van der Waals surface area contributed by atoms with E-state index in [0.717, 1.165) is 25.1 Å². The molecule has 0 aliphatic rings. The van der Waals surface area contributed by atoms with E-state index in [-0.39, 0.29) is 5.91 Å². The van der Waals surface area contributed by atoms with Crippen LogP contribution >= 0.6 is 11.6 Å². The van der Waals surface area contributed by atoms with Gasteiger partial charge in [-0.3, -0.25) is 4.79 Å². The summed E-state index contributed by atoms with van der Waals surface area (Å²) in [6.07, 6.45) is 3.80. The standard InChI is InChI=1S/C17H22ClN5O/c1-23(2)10-9-20-17-21-11-14(12-22-17)16(24)19-8-7-13-3-5-15(18)6-4-13/h3-6,11-12H,7-10H2,1-2H3,(H,19,24)(H,20,21,22). The highest BCUT2D eigenvalue weighted by Crippen LogP contribution is 2.09. The summed E-state index contributed by atoms with van der Waals surface area (Å²) in [5, 5.41) is 6.67. The van der Waals surface area contributed by atoms with E-state index in [1.54, 1.807) is 0 Å². The van der Waals surface area contributed by atoms with Crippen LogP contribution in [0.3, 0.4) is 0 Å². The van der Waals surface area contributed by atoms with Gasteiger partial charge >= 0.3 is 0 Å². The first kappa shape index (κ1) is 18.2. The van der Waals surface area contributed by atoms with Crippen LogP contribution in [0, 0.1) is 0 Å². The van der Waals surface area contributed by atoms with Crippen LogP contribution < -0.4 is 10.6 Å². The number of anilines is 1. The van der Waals surface area contributed by atoms with Crippen LogP contribution in [-0.4, -0.2) is 54.5 Å². The Kier molecular flexibility index (Phi) is 6.96. The van der Waals surface area contributed by atoms with Crippen molar-refractivity contribution in [2.45, 2.75) is 6.42 Å². The van der Waals surface area contributed by atoms with Crippen LogP contribution in [0.25, 0.3) is 0 Å². The fourth-order valence-corrected chi connectivity index (χ4v) is 2.13. The number of carbonyl (C=O) groups excluding carboxylic acids is 1. The molecule has 7 heteroatoms. The van der Waals surface area contributed by atoms with E-state index < -0.39 is 0 Å². The summed E-state index contributed by atoms with van der Waals surface area (Å²) >= 11 is 5.84. The van der Waals surface area contributed by atoms with Crippen molar-refractivity contribution in [1.29, 1.82) is 0 Å². The van der Waals surface area contributed by atoms with E-state index in [1.807, 2.05) is 38.4 Å². The van der Waals surface area contributed by atoms with E-state index in [2.05, 4.69) is 25.5 Å². The summed E-state index contributed by atoms with van der Waals surface area (Å²) in [5.74, 6) is 0.346. The number of benzene rings is 1. The molecule has 1 amide bonds. The second-order valence-corrected chi connectivity index (χ2v) is 6.09. The highest BCUT2D eigenvalue weighted by atomic mass is 35.5. The predicted molar refractivity (Wildman–Crippen MR) is 96.6 cm³/mol. The Labute approximate surface area is 147 Å². The molecule has 0 radical (unpaired) electrons. The molecule has 6 nitrogen and oxygen atoms in total. The second-order valence-electron chi connectivity index (χ2n) is 5.66. The number of rotatable bonds is 8. The van der Waals surface area contributed by atoms with Gasteiger partial charge in [0.15, 0.2) is 0 Å². The average Bonchev–Trinajstić information content (AvgIpc) is 2.57. The minimum Gasteiger partial charge on any atom is -0.353 e. The molecule has 0 unspecified atom stereocenters. The number of likely N-dealkylation sites (N-methyl/N-ethyl adjacent to an activating group) is 1. The van der Waals surface area contributed by atoms with Crippen LogP contribution in [0.4, 0.5) is 5.95 Å². The molecule has 0 fully saturated rings. The van der Waals surface area contributed by atoms with Gasteiger partial charge in [0.1, 0.15) is 0 Å². The monoisotopic (exact) mass is 347 g/mol. The molecule has 0 saturated carbocycles. The maximum Gasteiger partial charge on any atom is 0.254 e. The molecular weight excluding hydrogens is 326 g/mol. The van der Waals surface area contributed by atoms with Crippen molar-refractivity contribution in [3.63, 3.8) is 0 Å². The predicted octanol–water partition coefficient (Wildman–Crippen LogP) is 2.08. The van der Waals surface area contributed by atoms with Crippen molar-refractivity contribution in [3.05, 3.63) is 52.8 Å². The molecule has 0 saturated heterocycles. The molecule has 0 aliphatic heterocycles. The zero-order valence-electron chi connectivity index (χ0n) is 13.9. The van der Waals surface area contributed by atoms with Gasteiger partial charge in [0.2, 0.25) is 5.95 Å².